The summed E-state index contributed by atoms with van der Waals surface area (Å²) in [6.45, 7) is 4.49. The number of hydrogen-bond acceptors (Lipinski definition) is 6. The van der Waals surface area contributed by atoms with Crippen LogP contribution in [0.25, 0.3) is 0 Å². The number of hydrogen-bond donors (Lipinski definition) is 1. The van der Waals surface area contributed by atoms with Gasteiger partial charge in [-0.2, -0.15) is 0 Å². The molecule has 4 heterocycles. The number of anilines is 2. The van der Waals surface area contributed by atoms with Crippen LogP contribution in [0.2, 0.25) is 5.02 Å². The van der Waals surface area contributed by atoms with Gasteiger partial charge >= 0.3 is 0 Å². The molecule has 3 saturated heterocycles. The van der Waals surface area contributed by atoms with Gasteiger partial charge in [0.25, 0.3) is 5.69 Å². The van der Waals surface area contributed by atoms with Crippen LogP contribution in [0.4, 0.5) is 17.1 Å². The number of nitrogens with one attached hydrogen (secondary N) is 1. The molecule has 6 rings (SSSR count). The second-order valence-electron chi connectivity index (χ2n) is 9.54. The normalized spacial score (nSPS) is 29.6. The first-order valence-corrected chi connectivity index (χ1v) is 11.6. The van der Waals surface area contributed by atoms with Gasteiger partial charge in [-0.05, 0) is 44.9 Å². The van der Waals surface area contributed by atoms with Gasteiger partial charge in [-0.25, -0.2) is 4.90 Å². The average Bonchev–Trinajstić information content (AvgIpc) is 3.48. The average molecular weight is 481 g/mol. The molecule has 3 amide bonds. The van der Waals surface area contributed by atoms with Crippen molar-refractivity contribution in [2.75, 3.05) is 16.8 Å². The Labute approximate surface area is 199 Å². The van der Waals surface area contributed by atoms with Crippen molar-refractivity contribution in [2.45, 2.75) is 38.3 Å². The molecule has 9 nitrogen and oxygen atoms in total. The zero-order chi connectivity index (χ0) is 24.1. The zero-order valence-electron chi connectivity index (χ0n) is 18.5. The van der Waals surface area contributed by atoms with Crippen LogP contribution in [-0.2, 0) is 19.9 Å². The first-order chi connectivity index (χ1) is 16.2. The Morgan fingerprint density at radius 1 is 1.15 bits per heavy atom. The molecular formula is C24H21ClN4O5. The fourth-order valence-electron chi connectivity index (χ4n) is 6.69. The predicted octanol–water partition coefficient (Wildman–Crippen LogP) is 3.30. The summed E-state index contributed by atoms with van der Waals surface area (Å²) < 4.78 is 0. The SMILES string of the molecule is Cc1cc(C)c2c(c1)[C@]1(C(=O)N2)[C@@H]2C(=O)N(c3ccc([N+](=O)[O-])cc3Cl)C(=O)[C@H]2[C@@H]2CCCN21. The van der Waals surface area contributed by atoms with E-state index in [2.05, 4.69) is 10.2 Å². The molecule has 0 saturated carbocycles. The number of nitro benzene ring substituents is 1. The number of fused-ring (bicyclic) bond motifs is 7. The van der Waals surface area contributed by atoms with E-state index in [9.17, 15) is 24.5 Å². The number of aryl methyl sites for hydroxylation is 2. The number of nitro groups is 1. The van der Waals surface area contributed by atoms with E-state index >= 15 is 0 Å². The van der Waals surface area contributed by atoms with Crippen LogP contribution >= 0.6 is 11.6 Å². The first-order valence-electron chi connectivity index (χ1n) is 11.2. The Bertz CT molecular complexity index is 1340. The van der Waals surface area contributed by atoms with Gasteiger partial charge < -0.3 is 5.32 Å². The Morgan fingerprint density at radius 2 is 1.91 bits per heavy atom. The summed E-state index contributed by atoms with van der Waals surface area (Å²) in [7, 11) is 0. The highest BCUT2D eigenvalue weighted by Gasteiger charge is 2.74. The van der Waals surface area contributed by atoms with E-state index in [1.165, 1.54) is 12.1 Å². The largest absolute Gasteiger partial charge is 0.324 e. The number of benzene rings is 2. The van der Waals surface area contributed by atoms with Gasteiger partial charge in [-0.3, -0.25) is 29.4 Å². The lowest BCUT2D eigenvalue weighted by Crippen LogP contribution is -2.54. The van der Waals surface area contributed by atoms with Crippen molar-refractivity contribution < 1.29 is 19.3 Å². The fraction of sp³-hybridized carbons (Fsp3) is 0.375. The van der Waals surface area contributed by atoms with Crippen molar-refractivity contribution in [3.63, 3.8) is 0 Å². The van der Waals surface area contributed by atoms with E-state index in [0.29, 0.717) is 18.7 Å². The van der Waals surface area contributed by atoms with Crippen LogP contribution in [0.3, 0.4) is 0 Å². The summed E-state index contributed by atoms with van der Waals surface area (Å²) in [4.78, 5) is 55.1. The third-order valence-electron chi connectivity index (χ3n) is 7.83. The molecule has 2 aromatic carbocycles. The second kappa shape index (κ2) is 6.86. The predicted molar refractivity (Wildman–Crippen MR) is 124 cm³/mol. The molecule has 0 aliphatic carbocycles. The lowest BCUT2D eigenvalue weighted by atomic mass is 9.75. The summed E-state index contributed by atoms with van der Waals surface area (Å²) in [5.74, 6) is -2.79. The summed E-state index contributed by atoms with van der Waals surface area (Å²) in [5.41, 5.74) is 1.93. The summed E-state index contributed by atoms with van der Waals surface area (Å²) in [5, 5.41) is 14.1. The van der Waals surface area contributed by atoms with Crippen molar-refractivity contribution in [1.82, 2.24) is 4.90 Å². The maximum Gasteiger partial charge on any atom is 0.271 e. The molecule has 10 heteroatoms. The van der Waals surface area contributed by atoms with Crippen LogP contribution in [0.15, 0.2) is 30.3 Å². The molecule has 0 bridgehead atoms. The smallest absolute Gasteiger partial charge is 0.271 e. The molecule has 3 fully saturated rings. The van der Waals surface area contributed by atoms with E-state index in [4.69, 9.17) is 11.6 Å². The molecule has 34 heavy (non-hydrogen) atoms. The maximum atomic E-state index is 14.0. The van der Waals surface area contributed by atoms with Gasteiger partial charge in [0.15, 0.2) is 0 Å². The number of carbonyl (C=O) groups is 3. The van der Waals surface area contributed by atoms with Crippen molar-refractivity contribution in [3.05, 3.63) is 62.2 Å². The van der Waals surface area contributed by atoms with Crippen LogP contribution < -0.4 is 10.2 Å². The van der Waals surface area contributed by atoms with Crippen molar-refractivity contribution in [2.24, 2.45) is 11.8 Å². The van der Waals surface area contributed by atoms with Crippen LogP contribution in [0, 0.1) is 35.8 Å². The highest BCUT2D eigenvalue weighted by atomic mass is 35.5. The Balaban J connectivity index is 1.54. The topological polar surface area (TPSA) is 113 Å². The number of rotatable bonds is 2. The molecular weight excluding hydrogens is 460 g/mol. The van der Waals surface area contributed by atoms with Crippen LogP contribution in [-0.4, -0.2) is 40.1 Å². The molecule has 4 aliphatic rings. The zero-order valence-corrected chi connectivity index (χ0v) is 19.3. The number of halogens is 1. The quantitative estimate of drug-likeness (QED) is 0.401. The van der Waals surface area contributed by atoms with Crippen LogP contribution in [0.1, 0.15) is 29.5 Å². The third kappa shape index (κ3) is 2.40. The van der Waals surface area contributed by atoms with Crippen molar-refractivity contribution in [1.29, 1.82) is 0 Å². The fourth-order valence-corrected chi connectivity index (χ4v) is 6.95. The Hall–Kier alpha value is -3.30. The lowest BCUT2D eigenvalue weighted by Gasteiger charge is -2.37. The lowest BCUT2D eigenvalue weighted by molar-refractivity contribution is -0.384. The second-order valence-corrected chi connectivity index (χ2v) is 9.94. The highest BCUT2D eigenvalue weighted by Crippen LogP contribution is 2.61. The highest BCUT2D eigenvalue weighted by molar-refractivity contribution is 6.36. The summed E-state index contributed by atoms with van der Waals surface area (Å²) in [6.07, 6.45) is 1.53. The minimum Gasteiger partial charge on any atom is -0.324 e. The summed E-state index contributed by atoms with van der Waals surface area (Å²) in [6, 6.07) is 7.35. The maximum absolute atomic E-state index is 14.0. The number of non-ortho nitro benzene ring substituents is 1. The Kier molecular flexibility index (Phi) is 4.29. The first kappa shape index (κ1) is 21.2. The van der Waals surface area contributed by atoms with Crippen molar-refractivity contribution in [3.8, 4) is 0 Å². The van der Waals surface area contributed by atoms with Gasteiger partial charge in [0.1, 0.15) is 5.54 Å². The van der Waals surface area contributed by atoms with Gasteiger partial charge in [0.2, 0.25) is 17.7 Å². The van der Waals surface area contributed by atoms with Crippen LogP contribution in [0.5, 0.6) is 0 Å². The summed E-state index contributed by atoms with van der Waals surface area (Å²) >= 11 is 6.31. The molecule has 0 aromatic heterocycles. The van der Waals surface area contributed by atoms with E-state index in [0.717, 1.165) is 34.1 Å². The minimum atomic E-state index is -1.27. The molecule has 2 aromatic rings. The minimum absolute atomic E-state index is 0.0591. The molecule has 1 spiro atoms. The number of imide groups is 1. The standard InChI is InChI=1S/C24H21ClN4O5/c1-11-8-12(2)20-14(9-11)24(23(32)26-20)19-18(17-4-3-7-27(17)24)21(30)28(22(19)31)16-6-5-13(29(33)34)10-15(16)25/h5-6,8-10,17-19H,3-4,7H2,1-2H3,(H,26,32)/t17-,18-,19-,24+/m0/s1. The monoisotopic (exact) mass is 480 g/mol. The van der Waals surface area contributed by atoms with Gasteiger partial charge in [0, 0.05) is 29.4 Å². The van der Waals surface area contributed by atoms with E-state index < -0.39 is 34.1 Å². The number of nitrogens with zero attached hydrogens (tertiary/aromatic N) is 3. The Morgan fingerprint density at radius 3 is 2.62 bits per heavy atom. The molecule has 174 valence electrons. The van der Waals surface area contributed by atoms with Crippen molar-refractivity contribution >= 4 is 46.4 Å². The third-order valence-corrected chi connectivity index (χ3v) is 8.13. The number of carbonyl (C=O) groups excluding carboxylic acids is 3. The molecule has 4 aliphatic heterocycles. The number of amides is 3. The molecule has 0 radical (unpaired) electrons. The van der Waals surface area contributed by atoms with E-state index in [-0.39, 0.29) is 28.3 Å². The van der Waals surface area contributed by atoms with Gasteiger partial charge in [-0.1, -0.05) is 29.3 Å². The molecule has 0 unspecified atom stereocenters. The molecule has 4 atom stereocenters. The van der Waals surface area contributed by atoms with Gasteiger partial charge in [0.05, 0.1) is 27.5 Å². The van der Waals surface area contributed by atoms with E-state index in [1.54, 1.807) is 0 Å². The van der Waals surface area contributed by atoms with E-state index in [1.807, 2.05) is 26.0 Å². The van der Waals surface area contributed by atoms with Gasteiger partial charge in [-0.15, -0.1) is 0 Å². The molecule has 1 N–H and O–H groups in total.